The van der Waals surface area contributed by atoms with Crippen molar-refractivity contribution in [3.63, 3.8) is 0 Å². The van der Waals surface area contributed by atoms with Crippen LogP contribution in [-0.2, 0) is 0 Å². The van der Waals surface area contributed by atoms with Gasteiger partial charge < -0.3 is 26.7 Å². The average Bonchev–Trinajstić information content (AvgIpc) is 1.81. The standard InChI is InChI=1S/C3H7BN6O2/c5-1-7-2(6)9-3(8-1)10-4(11)12/h11-12H,(H5,5,6,7,8,9,10). The molecule has 0 bridgehead atoms. The molecule has 64 valence electrons. The number of nitrogen functional groups attached to an aromatic ring is 2. The van der Waals surface area contributed by atoms with E-state index in [9.17, 15) is 0 Å². The first-order valence-corrected chi connectivity index (χ1v) is 2.97. The number of nitrogens with one attached hydrogen (secondary N) is 1. The molecule has 0 saturated carbocycles. The Morgan fingerprint density at radius 3 is 2.00 bits per heavy atom. The highest BCUT2D eigenvalue weighted by Crippen LogP contribution is 2.02. The highest BCUT2D eigenvalue weighted by Gasteiger charge is 2.10. The summed E-state index contributed by atoms with van der Waals surface area (Å²) in [6.07, 6.45) is 0. The fraction of sp³-hybridized carbons (Fsp3) is 0. The normalized spacial score (nSPS) is 9.50. The highest BCUT2D eigenvalue weighted by atomic mass is 16.4. The third-order valence-electron chi connectivity index (χ3n) is 0.928. The summed E-state index contributed by atoms with van der Waals surface area (Å²) in [6, 6.07) is 0. The van der Waals surface area contributed by atoms with Crippen molar-refractivity contribution in [2.24, 2.45) is 0 Å². The predicted octanol–water partition coefficient (Wildman–Crippen LogP) is -2.58. The van der Waals surface area contributed by atoms with Crippen LogP contribution in [-0.4, -0.2) is 32.3 Å². The van der Waals surface area contributed by atoms with E-state index in [1.54, 1.807) is 0 Å². The Morgan fingerprint density at radius 2 is 1.58 bits per heavy atom. The van der Waals surface area contributed by atoms with Crippen LogP contribution in [0.15, 0.2) is 0 Å². The Morgan fingerprint density at radius 1 is 1.08 bits per heavy atom. The van der Waals surface area contributed by atoms with Crippen LogP contribution in [0.5, 0.6) is 0 Å². The molecule has 0 spiro atoms. The molecular weight excluding hydrogens is 163 g/mol. The van der Waals surface area contributed by atoms with Gasteiger partial charge in [0, 0.05) is 0 Å². The molecule has 1 aromatic heterocycles. The summed E-state index contributed by atoms with van der Waals surface area (Å²) in [5.74, 6) is -0.272. The third-order valence-corrected chi connectivity index (χ3v) is 0.928. The van der Waals surface area contributed by atoms with Gasteiger partial charge in [-0.15, -0.1) is 0 Å². The summed E-state index contributed by atoms with van der Waals surface area (Å²) in [5.41, 5.74) is 10.4. The van der Waals surface area contributed by atoms with Crippen molar-refractivity contribution in [2.45, 2.75) is 0 Å². The van der Waals surface area contributed by atoms with Crippen molar-refractivity contribution in [2.75, 3.05) is 16.7 Å². The molecule has 0 unspecified atom stereocenters. The predicted molar refractivity (Wildman–Crippen MR) is 42.5 cm³/mol. The molecule has 1 aromatic rings. The van der Waals surface area contributed by atoms with Gasteiger partial charge in [-0.2, -0.15) is 15.0 Å². The molecule has 1 heterocycles. The van der Waals surface area contributed by atoms with Crippen LogP contribution in [0.1, 0.15) is 0 Å². The molecule has 0 aliphatic heterocycles. The summed E-state index contributed by atoms with van der Waals surface area (Å²) in [4.78, 5) is 10.5. The maximum Gasteiger partial charge on any atom is 0.587 e. The minimum atomic E-state index is -1.76. The summed E-state index contributed by atoms with van der Waals surface area (Å²) in [7, 11) is -1.76. The van der Waals surface area contributed by atoms with E-state index < -0.39 is 7.25 Å². The molecule has 1 rings (SSSR count). The molecule has 0 amide bonds. The topological polar surface area (TPSA) is 143 Å². The van der Waals surface area contributed by atoms with Gasteiger partial charge in [-0.1, -0.05) is 0 Å². The van der Waals surface area contributed by atoms with Crippen molar-refractivity contribution in [3.05, 3.63) is 0 Å². The first-order chi connectivity index (χ1) is 5.58. The van der Waals surface area contributed by atoms with Gasteiger partial charge in [-0.25, -0.2) is 0 Å². The second kappa shape index (κ2) is 3.20. The largest absolute Gasteiger partial charge is 0.587 e. The Hall–Kier alpha value is -1.61. The monoisotopic (exact) mass is 170 g/mol. The number of hydrogen-bond acceptors (Lipinski definition) is 8. The number of aromatic nitrogens is 3. The number of hydrogen-bond donors (Lipinski definition) is 5. The molecule has 0 aliphatic rings. The van der Waals surface area contributed by atoms with E-state index in [1.807, 2.05) is 0 Å². The summed E-state index contributed by atoms with van der Waals surface area (Å²) in [5, 5.41) is 19.0. The van der Waals surface area contributed by atoms with E-state index in [1.165, 1.54) is 0 Å². The lowest BCUT2D eigenvalue weighted by Gasteiger charge is -2.02. The summed E-state index contributed by atoms with van der Waals surface area (Å²) in [6.45, 7) is 0. The van der Waals surface area contributed by atoms with Crippen LogP contribution in [0, 0.1) is 0 Å². The van der Waals surface area contributed by atoms with Gasteiger partial charge in [0.2, 0.25) is 17.8 Å². The van der Waals surface area contributed by atoms with Crippen LogP contribution in [0.2, 0.25) is 0 Å². The molecule has 0 aliphatic carbocycles. The lowest BCUT2D eigenvalue weighted by atomic mass is 10.2. The van der Waals surface area contributed by atoms with E-state index in [4.69, 9.17) is 21.5 Å². The van der Waals surface area contributed by atoms with E-state index >= 15 is 0 Å². The molecule has 7 N–H and O–H groups in total. The Kier molecular flexibility index (Phi) is 2.26. The van der Waals surface area contributed by atoms with E-state index in [0.717, 1.165) is 0 Å². The SMILES string of the molecule is Nc1nc(N)nc(NB(O)O)n1. The second-order valence-electron chi connectivity index (χ2n) is 1.89. The average molecular weight is 170 g/mol. The van der Waals surface area contributed by atoms with Crippen molar-refractivity contribution < 1.29 is 10.0 Å². The smallest absolute Gasteiger partial charge is 0.408 e. The summed E-state index contributed by atoms with van der Waals surface area (Å²) >= 11 is 0. The van der Waals surface area contributed by atoms with Gasteiger partial charge in [0.25, 0.3) is 0 Å². The molecule has 0 atom stereocenters. The van der Waals surface area contributed by atoms with Gasteiger partial charge in [-0.05, 0) is 0 Å². The fourth-order valence-electron chi connectivity index (χ4n) is 0.589. The van der Waals surface area contributed by atoms with E-state index in [0.29, 0.717) is 0 Å². The van der Waals surface area contributed by atoms with Gasteiger partial charge in [0.05, 0.1) is 0 Å². The van der Waals surface area contributed by atoms with Crippen LogP contribution in [0.25, 0.3) is 0 Å². The van der Waals surface area contributed by atoms with Crippen LogP contribution in [0.4, 0.5) is 17.8 Å². The first kappa shape index (κ1) is 8.49. The molecule has 12 heavy (non-hydrogen) atoms. The molecule has 0 aromatic carbocycles. The lowest BCUT2D eigenvalue weighted by molar-refractivity contribution is 0.416. The zero-order valence-electron chi connectivity index (χ0n) is 5.97. The van der Waals surface area contributed by atoms with Gasteiger partial charge in [0.1, 0.15) is 0 Å². The van der Waals surface area contributed by atoms with Crippen LogP contribution in [0.3, 0.4) is 0 Å². The maximum atomic E-state index is 8.45. The minimum Gasteiger partial charge on any atom is -0.408 e. The van der Waals surface area contributed by atoms with Crippen molar-refractivity contribution in [3.8, 4) is 0 Å². The van der Waals surface area contributed by atoms with Crippen molar-refractivity contribution in [1.82, 2.24) is 15.0 Å². The Balaban J connectivity index is 2.85. The van der Waals surface area contributed by atoms with Gasteiger partial charge in [-0.3, -0.25) is 0 Å². The van der Waals surface area contributed by atoms with Crippen LogP contribution < -0.4 is 16.7 Å². The fourth-order valence-corrected chi connectivity index (χ4v) is 0.589. The molecule has 0 radical (unpaired) electrons. The number of anilines is 3. The minimum absolute atomic E-state index is 0.0880. The maximum absolute atomic E-state index is 8.45. The first-order valence-electron chi connectivity index (χ1n) is 2.97. The number of nitrogens with two attached hydrogens (primary N) is 2. The quantitative estimate of drug-likeness (QED) is 0.304. The van der Waals surface area contributed by atoms with E-state index in [-0.39, 0.29) is 17.8 Å². The zero-order chi connectivity index (χ0) is 9.14. The number of nitrogens with zero attached hydrogens (tertiary/aromatic N) is 3. The van der Waals surface area contributed by atoms with Crippen LogP contribution >= 0.6 is 0 Å². The third kappa shape index (κ3) is 2.22. The molecular formula is C3H7BN6O2. The molecule has 9 heteroatoms. The zero-order valence-corrected chi connectivity index (χ0v) is 5.97. The van der Waals surface area contributed by atoms with Gasteiger partial charge >= 0.3 is 7.25 Å². The summed E-state index contributed by atoms with van der Waals surface area (Å²) < 4.78 is 0. The van der Waals surface area contributed by atoms with E-state index in [2.05, 4.69) is 20.2 Å². The van der Waals surface area contributed by atoms with Crippen molar-refractivity contribution in [1.29, 1.82) is 0 Å². The second-order valence-corrected chi connectivity index (χ2v) is 1.89. The lowest BCUT2D eigenvalue weighted by Crippen LogP contribution is -2.25. The molecule has 0 saturated heterocycles. The molecule has 0 fully saturated rings. The Labute approximate surface area is 67.8 Å². The van der Waals surface area contributed by atoms with Crippen molar-refractivity contribution >= 4 is 25.1 Å². The number of rotatable bonds is 2. The Bertz CT molecular complexity index is 259. The van der Waals surface area contributed by atoms with Gasteiger partial charge in [0.15, 0.2) is 0 Å². The molecule has 8 nitrogen and oxygen atoms in total. The highest BCUT2D eigenvalue weighted by molar-refractivity contribution is 6.45.